The van der Waals surface area contributed by atoms with Gasteiger partial charge in [0.05, 0.1) is 0 Å². The number of nitrogens with two attached hydrogens (primary N) is 1. The fourth-order valence-corrected chi connectivity index (χ4v) is 2.11. The SMILES string of the molecule is Cc1cnc(N2CCCC(CN)C2)nc1C. The van der Waals surface area contributed by atoms with E-state index in [1.54, 1.807) is 0 Å². The molecule has 1 aromatic rings. The molecule has 4 nitrogen and oxygen atoms in total. The molecule has 0 saturated carbocycles. The lowest BCUT2D eigenvalue weighted by Crippen LogP contribution is -2.39. The van der Waals surface area contributed by atoms with Crippen molar-refractivity contribution in [3.05, 3.63) is 17.5 Å². The van der Waals surface area contributed by atoms with Crippen molar-refractivity contribution in [2.45, 2.75) is 26.7 Å². The fourth-order valence-electron chi connectivity index (χ4n) is 2.11. The van der Waals surface area contributed by atoms with Gasteiger partial charge in [-0.15, -0.1) is 0 Å². The van der Waals surface area contributed by atoms with Gasteiger partial charge < -0.3 is 10.6 Å². The lowest BCUT2D eigenvalue weighted by molar-refractivity contribution is 0.419. The summed E-state index contributed by atoms with van der Waals surface area (Å²) in [5.41, 5.74) is 7.95. The van der Waals surface area contributed by atoms with Crippen LogP contribution < -0.4 is 10.6 Å². The third kappa shape index (κ3) is 2.32. The van der Waals surface area contributed by atoms with Gasteiger partial charge in [-0.1, -0.05) is 0 Å². The summed E-state index contributed by atoms with van der Waals surface area (Å²) in [6.45, 7) is 6.89. The molecule has 0 spiro atoms. The number of aromatic nitrogens is 2. The van der Waals surface area contributed by atoms with Crippen molar-refractivity contribution < 1.29 is 0 Å². The van der Waals surface area contributed by atoms with Gasteiger partial charge in [0.1, 0.15) is 0 Å². The van der Waals surface area contributed by atoms with Crippen LogP contribution in [0.1, 0.15) is 24.1 Å². The quantitative estimate of drug-likeness (QED) is 0.815. The molecule has 0 aromatic carbocycles. The van der Waals surface area contributed by atoms with E-state index in [2.05, 4.69) is 14.9 Å². The standard InChI is InChI=1S/C12H20N4/c1-9-7-14-12(15-10(9)2)16-5-3-4-11(6-13)8-16/h7,11H,3-6,8,13H2,1-2H3. The molecule has 1 aliphatic rings. The van der Waals surface area contributed by atoms with Crippen LogP contribution in [0.25, 0.3) is 0 Å². The minimum Gasteiger partial charge on any atom is -0.340 e. The van der Waals surface area contributed by atoms with Crippen molar-refractivity contribution in [3.63, 3.8) is 0 Å². The van der Waals surface area contributed by atoms with Crippen molar-refractivity contribution in [1.29, 1.82) is 0 Å². The van der Waals surface area contributed by atoms with Crippen molar-refractivity contribution in [2.75, 3.05) is 24.5 Å². The second-order valence-electron chi connectivity index (χ2n) is 4.63. The second kappa shape index (κ2) is 4.78. The second-order valence-corrected chi connectivity index (χ2v) is 4.63. The molecule has 1 aromatic heterocycles. The number of nitrogens with zero attached hydrogens (tertiary/aromatic N) is 3. The highest BCUT2D eigenvalue weighted by Gasteiger charge is 2.20. The first-order valence-corrected chi connectivity index (χ1v) is 5.96. The average molecular weight is 220 g/mol. The highest BCUT2D eigenvalue weighted by Crippen LogP contribution is 2.20. The van der Waals surface area contributed by atoms with E-state index >= 15 is 0 Å². The third-order valence-electron chi connectivity index (χ3n) is 3.35. The predicted octanol–water partition coefficient (Wildman–Crippen LogP) is 1.27. The maximum atomic E-state index is 5.73. The van der Waals surface area contributed by atoms with Gasteiger partial charge >= 0.3 is 0 Å². The van der Waals surface area contributed by atoms with E-state index in [0.717, 1.165) is 36.8 Å². The van der Waals surface area contributed by atoms with Crippen molar-refractivity contribution in [1.82, 2.24) is 9.97 Å². The Bertz CT molecular complexity index is 364. The van der Waals surface area contributed by atoms with Crippen LogP contribution in [0.15, 0.2) is 6.20 Å². The lowest BCUT2D eigenvalue weighted by Gasteiger charge is -2.32. The van der Waals surface area contributed by atoms with Crippen molar-refractivity contribution >= 4 is 5.95 Å². The maximum absolute atomic E-state index is 5.73. The van der Waals surface area contributed by atoms with Crippen LogP contribution in [0.4, 0.5) is 5.95 Å². The van der Waals surface area contributed by atoms with Crippen LogP contribution in [0.2, 0.25) is 0 Å². The summed E-state index contributed by atoms with van der Waals surface area (Å²) < 4.78 is 0. The molecule has 0 aliphatic carbocycles. The van der Waals surface area contributed by atoms with E-state index in [1.165, 1.54) is 12.8 Å². The third-order valence-corrected chi connectivity index (χ3v) is 3.35. The molecule has 2 heterocycles. The highest BCUT2D eigenvalue weighted by atomic mass is 15.3. The number of hydrogen-bond acceptors (Lipinski definition) is 4. The zero-order chi connectivity index (χ0) is 11.5. The van der Waals surface area contributed by atoms with E-state index in [4.69, 9.17) is 5.73 Å². The normalized spacial score (nSPS) is 21.2. The number of piperidine rings is 1. The van der Waals surface area contributed by atoms with E-state index in [1.807, 2.05) is 20.0 Å². The summed E-state index contributed by atoms with van der Waals surface area (Å²) in [4.78, 5) is 11.2. The summed E-state index contributed by atoms with van der Waals surface area (Å²) >= 11 is 0. The Kier molecular flexibility index (Phi) is 3.39. The molecule has 1 saturated heterocycles. The zero-order valence-electron chi connectivity index (χ0n) is 10.1. The first kappa shape index (κ1) is 11.3. The Morgan fingerprint density at radius 1 is 1.50 bits per heavy atom. The predicted molar refractivity (Wildman–Crippen MR) is 65.5 cm³/mol. The van der Waals surface area contributed by atoms with Gasteiger partial charge in [-0.2, -0.15) is 0 Å². The summed E-state index contributed by atoms with van der Waals surface area (Å²) in [6.07, 6.45) is 4.33. The smallest absolute Gasteiger partial charge is 0.225 e. The van der Waals surface area contributed by atoms with Crippen LogP contribution in [0, 0.1) is 19.8 Å². The minimum absolute atomic E-state index is 0.596. The summed E-state index contributed by atoms with van der Waals surface area (Å²) in [5.74, 6) is 1.46. The molecule has 1 fully saturated rings. The lowest BCUT2D eigenvalue weighted by atomic mass is 9.99. The Labute approximate surface area is 96.9 Å². The van der Waals surface area contributed by atoms with Gasteiger partial charge in [-0.3, -0.25) is 0 Å². The van der Waals surface area contributed by atoms with Gasteiger partial charge in [0.2, 0.25) is 5.95 Å². The molecule has 2 N–H and O–H groups in total. The topological polar surface area (TPSA) is 55.0 Å². The number of aryl methyl sites for hydroxylation is 2. The van der Waals surface area contributed by atoms with Gasteiger partial charge in [0.15, 0.2) is 0 Å². The van der Waals surface area contributed by atoms with Gasteiger partial charge in [0, 0.05) is 25.0 Å². The Morgan fingerprint density at radius 3 is 3.00 bits per heavy atom. The van der Waals surface area contributed by atoms with Crippen LogP contribution in [0.3, 0.4) is 0 Å². The number of hydrogen-bond donors (Lipinski definition) is 1. The minimum atomic E-state index is 0.596. The molecule has 1 atom stereocenters. The fraction of sp³-hybridized carbons (Fsp3) is 0.667. The molecular formula is C12H20N4. The van der Waals surface area contributed by atoms with Crippen LogP contribution in [-0.4, -0.2) is 29.6 Å². The van der Waals surface area contributed by atoms with Gasteiger partial charge in [0.25, 0.3) is 0 Å². The molecule has 88 valence electrons. The summed E-state index contributed by atoms with van der Waals surface area (Å²) in [6, 6.07) is 0. The van der Waals surface area contributed by atoms with E-state index in [0.29, 0.717) is 5.92 Å². The van der Waals surface area contributed by atoms with E-state index in [9.17, 15) is 0 Å². The zero-order valence-corrected chi connectivity index (χ0v) is 10.1. The Balaban J connectivity index is 2.13. The maximum Gasteiger partial charge on any atom is 0.225 e. The van der Waals surface area contributed by atoms with Gasteiger partial charge in [-0.05, 0) is 44.7 Å². The summed E-state index contributed by atoms with van der Waals surface area (Å²) in [5, 5.41) is 0. The Hall–Kier alpha value is -1.16. The first-order chi connectivity index (χ1) is 7.70. The molecule has 0 radical (unpaired) electrons. The van der Waals surface area contributed by atoms with Crippen LogP contribution >= 0.6 is 0 Å². The van der Waals surface area contributed by atoms with Crippen molar-refractivity contribution in [3.8, 4) is 0 Å². The number of rotatable bonds is 2. The van der Waals surface area contributed by atoms with Crippen LogP contribution in [-0.2, 0) is 0 Å². The first-order valence-electron chi connectivity index (χ1n) is 5.96. The molecule has 1 aliphatic heterocycles. The molecule has 0 amide bonds. The highest BCUT2D eigenvalue weighted by molar-refractivity contribution is 5.33. The molecule has 16 heavy (non-hydrogen) atoms. The van der Waals surface area contributed by atoms with E-state index < -0.39 is 0 Å². The molecule has 1 unspecified atom stereocenters. The molecule has 0 bridgehead atoms. The van der Waals surface area contributed by atoms with Crippen molar-refractivity contribution in [2.24, 2.45) is 11.7 Å². The van der Waals surface area contributed by atoms with Gasteiger partial charge in [-0.25, -0.2) is 9.97 Å². The van der Waals surface area contributed by atoms with E-state index in [-0.39, 0.29) is 0 Å². The van der Waals surface area contributed by atoms with Crippen LogP contribution in [0.5, 0.6) is 0 Å². The molecule has 4 heteroatoms. The monoisotopic (exact) mass is 220 g/mol. The molecule has 2 rings (SSSR count). The summed E-state index contributed by atoms with van der Waals surface area (Å²) in [7, 11) is 0. The average Bonchev–Trinajstić information content (AvgIpc) is 2.33. The number of anilines is 1. The Morgan fingerprint density at radius 2 is 2.31 bits per heavy atom. The largest absolute Gasteiger partial charge is 0.340 e. The molecular weight excluding hydrogens is 200 g/mol.